The number of nitrogens with zero attached hydrogens (tertiary/aromatic N) is 2. The maximum atomic E-state index is 10.8. The molecule has 0 fully saturated rings. The molecule has 0 amide bonds. The molecule has 1 heterocycles. The fourth-order valence-electron chi connectivity index (χ4n) is 3.39. The molecular weight excluding hydrogens is 416 g/mol. The van der Waals surface area contributed by atoms with E-state index in [1.165, 1.54) is 0 Å². The van der Waals surface area contributed by atoms with Gasteiger partial charge in [0.25, 0.3) is 0 Å². The highest BCUT2D eigenvalue weighted by molar-refractivity contribution is 7.98. The van der Waals surface area contributed by atoms with Gasteiger partial charge in [-0.1, -0.05) is 60.1 Å². The Kier molecular flexibility index (Phi) is 6.02. The lowest BCUT2D eigenvalue weighted by atomic mass is 10.00. The van der Waals surface area contributed by atoms with E-state index in [-0.39, 0.29) is 6.42 Å². The van der Waals surface area contributed by atoms with Crippen molar-refractivity contribution in [2.75, 3.05) is 0 Å². The summed E-state index contributed by atoms with van der Waals surface area (Å²) >= 11 is 8.06. The van der Waals surface area contributed by atoms with Gasteiger partial charge in [-0.2, -0.15) is 5.10 Å². The summed E-state index contributed by atoms with van der Waals surface area (Å²) in [6, 6.07) is 21.9. The van der Waals surface area contributed by atoms with Crippen molar-refractivity contribution < 1.29 is 9.90 Å². The average molecular weight is 435 g/mol. The normalized spacial score (nSPS) is 11.0. The van der Waals surface area contributed by atoms with Gasteiger partial charge in [0.15, 0.2) is 0 Å². The molecule has 30 heavy (non-hydrogen) atoms. The molecule has 4 nitrogen and oxygen atoms in total. The Labute approximate surface area is 183 Å². The zero-order valence-electron chi connectivity index (χ0n) is 16.3. The summed E-state index contributed by atoms with van der Waals surface area (Å²) < 4.78 is 0. The highest BCUT2D eigenvalue weighted by Gasteiger charge is 2.12. The zero-order chi connectivity index (χ0) is 21.1. The summed E-state index contributed by atoms with van der Waals surface area (Å²) in [4.78, 5) is 12.0. The first kappa shape index (κ1) is 20.4. The number of carboxylic acid groups (broad SMARTS) is 1. The highest BCUT2D eigenvalue weighted by Crippen LogP contribution is 2.34. The summed E-state index contributed by atoms with van der Waals surface area (Å²) in [7, 11) is 0. The lowest BCUT2D eigenvalue weighted by molar-refractivity contribution is -0.136. The Hall–Kier alpha value is -2.89. The quantitative estimate of drug-likeness (QED) is 0.367. The molecule has 1 N–H and O–H groups in total. The minimum atomic E-state index is -0.816. The second-order valence-electron chi connectivity index (χ2n) is 7.00. The lowest BCUT2D eigenvalue weighted by Gasteiger charge is -2.11. The third-order valence-corrected chi connectivity index (χ3v) is 6.19. The van der Waals surface area contributed by atoms with Gasteiger partial charge in [0.2, 0.25) is 0 Å². The van der Waals surface area contributed by atoms with Gasteiger partial charge in [-0.15, -0.1) is 16.9 Å². The van der Waals surface area contributed by atoms with E-state index in [4.69, 9.17) is 16.7 Å². The fourth-order valence-corrected chi connectivity index (χ4v) is 4.51. The molecule has 0 saturated carbocycles. The van der Waals surface area contributed by atoms with Crippen molar-refractivity contribution in [2.24, 2.45) is 0 Å². The van der Waals surface area contributed by atoms with Crippen molar-refractivity contribution in [1.29, 1.82) is 0 Å². The van der Waals surface area contributed by atoms with E-state index in [1.807, 2.05) is 55.5 Å². The van der Waals surface area contributed by atoms with Gasteiger partial charge >= 0.3 is 5.97 Å². The Morgan fingerprint density at radius 2 is 1.73 bits per heavy atom. The van der Waals surface area contributed by atoms with Crippen molar-refractivity contribution in [3.63, 3.8) is 0 Å². The summed E-state index contributed by atoms with van der Waals surface area (Å²) in [6.07, 6.45) is 0.0484. The monoisotopic (exact) mass is 434 g/mol. The molecule has 0 atom stereocenters. The van der Waals surface area contributed by atoms with Gasteiger partial charge in [0.05, 0.1) is 17.1 Å². The van der Waals surface area contributed by atoms with Crippen molar-refractivity contribution in [2.45, 2.75) is 24.0 Å². The molecule has 0 radical (unpaired) electrons. The van der Waals surface area contributed by atoms with E-state index in [0.29, 0.717) is 10.5 Å². The minimum absolute atomic E-state index is 0.0484. The zero-order valence-corrected chi connectivity index (χ0v) is 17.9. The van der Waals surface area contributed by atoms with Crippen LogP contribution in [-0.2, 0) is 17.0 Å². The van der Waals surface area contributed by atoms with Crippen LogP contribution in [0.1, 0.15) is 16.8 Å². The number of aryl methyl sites for hydroxylation is 1. The van der Waals surface area contributed by atoms with E-state index in [9.17, 15) is 4.79 Å². The molecule has 4 rings (SSSR count). The van der Waals surface area contributed by atoms with Gasteiger partial charge in [-0.05, 0) is 41.8 Å². The number of hydrogen-bond donors (Lipinski definition) is 1. The van der Waals surface area contributed by atoms with Crippen molar-refractivity contribution >= 4 is 40.2 Å². The predicted molar refractivity (Wildman–Crippen MR) is 122 cm³/mol. The molecule has 0 aliphatic heterocycles. The summed E-state index contributed by atoms with van der Waals surface area (Å²) in [5, 5.41) is 19.1. The third kappa shape index (κ3) is 4.48. The van der Waals surface area contributed by atoms with Crippen LogP contribution in [0, 0.1) is 6.92 Å². The van der Waals surface area contributed by atoms with Crippen LogP contribution in [0.2, 0.25) is 5.02 Å². The van der Waals surface area contributed by atoms with Crippen LogP contribution in [0.3, 0.4) is 0 Å². The Balaban J connectivity index is 1.58. The molecule has 0 spiro atoms. The van der Waals surface area contributed by atoms with Crippen LogP contribution >= 0.6 is 23.4 Å². The minimum Gasteiger partial charge on any atom is -0.481 e. The number of hydrogen-bond acceptors (Lipinski definition) is 4. The maximum Gasteiger partial charge on any atom is 0.307 e. The average Bonchev–Trinajstić information content (AvgIpc) is 2.73. The van der Waals surface area contributed by atoms with Gasteiger partial charge in [0, 0.05) is 21.6 Å². The number of aliphatic carboxylic acids is 1. The number of halogens is 1. The van der Waals surface area contributed by atoms with Gasteiger partial charge in [-0.25, -0.2) is 0 Å². The fraction of sp³-hybridized carbons (Fsp3) is 0.125. The second-order valence-corrected chi connectivity index (χ2v) is 8.46. The SMILES string of the molecule is Cc1nnc2c(Cl)cccc2c1-c1cccc(SCc2ccc(CC(=O)O)cc2)c1. The first-order valence-electron chi connectivity index (χ1n) is 9.45. The number of rotatable bonds is 6. The number of benzene rings is 3. The molecular formula is C24H19ClN2O2S. The van der Waals surface area contributed by atoms with Gasteiger partial charge < -0.3 is 5.11 Å². The number of carboxylic acids is 1. The van der Waals surface area contributed by atoms with Crippen molar-refractivity contribution in [3.05, 3.63) is 88.6 Å². The van der Waals surface area contributed by atoms with Gasteiger partial charge in [0.1, 0.15) is 5.52 Å². The number of aromatic nitrogens is 2. The Morgan fingerprint density at radius 3 is 2.50 bits per heavy atom. The van der Waals surface area contributed by atoms with E-state index in [2.05, 4.69) is 28.4 Å². The molecule has 0 unspecified atom stereocenters. The molecule has 1 aromatic heterocycles. The molecule has 0 bridgehead atoms. The van der Waals surface area contributed by atoms with Crippen LogP contribution < -0.4 is 0 Å². The van der Waals surface area contributed by atoms with E-state index >= 15 is 0 Å². The third-order valence-electron chi connectivity index (χ3n) is 4.82. The van der Waals surface area contributed by atoms with Crippen LogP contribution in [0.25, 0.3) is 22.0 Å². The number of fused-ring (bicyclic) bond motifs is 1. The van der Waals surface area contributed by atoms with Crippen molar-refractivity contribution in [3.8, 4) is 11.1 Å². The molecule has 150 valence electrons. The van der Waals surface area contributed by atoms with E-state index in [0.717, 1.165) is 44.0 Å². The summed E-state index contributed by atoms with van der Waals surface area (Å²) in [5.74, 6) is -0.0135. The molecule has 4 aromatic rings. The van der Waals surface area contributed by atoms with Crippen LogP contribution in [-0.4, -0.2) is 21.3 Å². The number of carbonyl (C=O) groups is 1. The molecule has 0 aliphatic carbocycles. The first-order valence-corrected chi connectivity index (χ1v) is 10.8. The second kappa shape index (κ2) is 8.86. The maximum absolute atomic E-state index is 10.8. The Bertz CT molecular complexity index is 1230. The summed E-state index contributed by atoms with van der Waals surface area (Å²) in [6.45, 7) is 1.96. The summed E-state index contributed by atoms with van der Waals surface area (Å²) in [5.41, 5.74) is 5.66. The smallest absolute Gasteiger partial charge is 0.307 e. The lowest BCUT2D eigenvalue weighted by Crippen LogP contribution is -1.99. The van der Waals surface area contributed by atoms with Crippen LogP contribution in [0.15, 0.2) is 71.6 Å². The first-order chi connectivity index (χ1) is 14.5. The molecule has 3 aromatic carbocycles. The van der Waals surface area contributed by atoms with Crippen molar-refractivity contribution in [1.82, 2.24) is 10.2 Å². The standard InChI is InChI=1S/C24H19ClN2O2S/c1-15-23(20-6-3-7-21(25)24(20)27-26-15)18-4-2-5-19(13-18)30-14-17-10-8-16(9-11-17)12-22(28)29/h2-11,13H,12,14H2,1H3,(H,28,29). The topological polar surface area (TPSA) is 63.1 Å². The van der Waals surface area contributed by atoms with E-state index in [1.54, 1.807) is 11.8 Å². The number of thioether (sulfide) groups is 1. The molecule has 0 saturated heterocycles. The highest BCUT2D eigenvalue weighted by atomic mass is 35.5. The van der Waals surface area contributed by atoms with Crippen LogP contribution in [0.5, 0.6) is 0 Å². The van der Waals surface area contributed by atoms with E-state index < -0.39 is 5.97 Å². The molecule has 0 aliphatic rings. The Morgan fingerprint density at radius 1 is 1.00 bits per heavy atom. The predicted octanol–water partition coefficient (Wildman–Crippen LogP) is 6.18. The van der Waals surface area contributed by atoms with Crippen LogP contribution in [0.4, 0.5) is 0 Å². The molecule has 6 heteroatoms. The largest absolute Gasteiger partial charge is 0.481 e. The van der Waals surface area contributed by atoms with Gasteiger partial charge in [-0.3, -0.25) is 4.79 Å².